The summed E-state index contributed by atoms with van der Waals surface area (Å²) in [5, 5.41) is 0. The zero-order chi connectivity index (χ0) is 14.9. The Morgan fingerprint density at radius 1 is 1.65 bits per heavy atom. The molecule has 0 aromatic carbocycles. The minimum atomic E-state index is -3.60. The fraction of sp³-hybridized carbons (Fsp3) is 0.545. The highest BCUT2D eigenvalue weighted by Crippen LogP contribution is 2.35. The number of halogens is 1. The third-order valence-corrected chi connectivity index (χ3v) is 7.34. The predicted octanol–water partition coefficient (Wildman–Crippen LogP) is 1.27. The van der Waals surface area contributed by atoms with Gasteiger partial charge in [-0.15, -0.1) is 11.3 Å². The van der Waals surface area contributed by atoms with E-state index in [1.807, 2.05) is 0 Å². The van der Waals surface area contributed by atoms with Gasteiger partial charge in [0.05, 0.1) is 10.9 Å². The minimum Gasteiger partial charge on any atom is -0.465 e. The number of thiophene rings is 1. The Bertz CT molecular complexity index is 614. The number of carbonyl (C=O) groups is 1. The molecule has 1 aromatic rings. The molecule has 1 saturated heterocycles. The maximum absolute atomic E-state index is 12.6. The van der Waals surface area contributed by atoms with Crippen LogP contribution in [0.4, 0.5) is 0 Å². The molecule has 0 aliphatic carbocycles. The van der Waals surface area contributed by atoms with Crippen molar-refractivity contribution in [1.29, 1.82) is 0 Å². The van der Waals surface area contributed by atoms with Crippen LogP contribution in [0.5, 0.6) is 0 Å². The van der Waals surface area contributed by atoms with E-state index in [4.69, 9.17) is 5.73 Å². The van der Waals surface area contributed by atoms with Crippen molar-refractivity contribution < 1.29 is 17.9 Å². The quantitative estimate of drug-likeness (QED) is 0.791. The maximum atomic E-state index is 12.6. The van der Waals surface area contributed by atoms with Gasteiger partial charge in [0.25, 0.3) is 0 Å². The fourth-order valence-electron chi connectivity index (χ4n) is 2.08. The first kappa shape index (κ1) is 15.9. The lowest BCUT2D eigenvalue weighted by molar-refractivity contribution is 0.0606. The van der Waals surface area contributed by atoms with Gasteiger partial charge < -0.3 is 10.5 Å². The van der Waals surface area contributed by atoms with Gasteiger partial charge in [-0.2, -0.15) is 4.31 Å². The number of carbonyl (C=O) groups excluding carboxylic acids is 1. The van der Waals surface area contributed by atoms with Crippen LogP contribution in [0.15, 0.2) is 14.7 Å². The Hall–Kier alpha value is -0.480. The summed E-state index contributed by atoms with van der Waals surface area (Å²) in [5.41, 5.74) is 5.58. The number of ether oxygens (including phenoxy) is 1. The largest absolute Gasteiger partial charge is 0.465 e. The molecule has 1 aliphatic rings. The van der Waals surface area contributed by atoms with Gasteiger partial charge in [0.15, 0.2) is 0 Å². The lowest BCUT2D eigenvalue weighted by Gasteiger charge is -2.15. The van der Waals surface area contributed by atoms with Gasteiger partial charge in [-0.1, -0.05) is 0 Å². The molecule has 0 bridgehead atoms. The average molecular weight is 383 g/mol. The lowest BCUT2D eigenvalue weighted by atomic mass is 10.1. The average Bonchev–Trinajstić information content (AvgIpc) is 3.04. The molecule has 0 spiro atoms. The van der Waals surface area contributed by atoms with Crippen molar-refractivity contribution in [3.63, 3.8) is 0 Å². The van der Waals surface area contributed by atoms with E-state index in [0.29, 0.717) is 23.4 Å². The molecule has 6 nitrogen and oxygen atoms in total. The third kappa shape index (κ3) is 2.91. The third-order valence-electron chi connectivity index (χ3n) is 3.24. The Morgan fingerprint density at radius 3 is 2.90 bits per heavy atom. The van der Waals surface area contributed by atoms with Gasteiger partial charge in [-0.3, -0.25) is 0 Å². The molecule has 20 heavy (non-hydrogen) atoms. The molecule has 0 amide bonds. The molecule has 1 aliphatic heterocycles. The molecule has 0 saturated carbocycles. The van der Waals surface area contributed by atoms with Crippen molar-refractivity contribution in [1.82, 2.24) is 4.31 Å². The van der Waals surface area contributed by atoms with Crippen molar-refractivity contribution in [3.8, 4) is 0 Å². The predicted molar refractivity (Wildman–Crippen MR) is 79.3 cm³/mol. The Kier molecular flexibility index (Phi) is 4.85. The molecule has 0 radical (unpaired) electrons. The van der Waals surface area contributed by atoms with E-state index in [1.165, 1.54) is 17.5 Å². The number of sulfonamides is 1. The monoisotopic (exact) mass is 382 g/mol. The smallest absolute Gasteiger partial charge is 0.348 e. The van der Waals surface area contributed by atoms with Crippen molar-refractivity contribution in [2.75, 3.05) is 26.7 Å². The molecule has 2 heterocycles. The minimum absolute atomic E-state index is 0.112. The van der Waals surface area contributed by atoms with Crippen LogP contribution in [0.25, 0.3) is 0 Å². The molecule has 1 atom stereocenters. The highest BCUT2D eigenvalue weighted by atomic mass is 79.9. The molecular weight excluding hydrogens is 368 g/mol. The molecule has 9 heteroatoms. The first-order valence-electron chi connectivity index (χ1n) is 5.98. The summed E-state index contributed by atoms with van der Waals surface area (Å²) in [6, 6.07) is 1.35. The number of nitrogens with two attached hydrogens (primary N) is 1. The number of rotatable bonds is 4. The number of hydrogen-bond acceptors (Lipinski definition) is 6. The lowest BCUT2D eigenvalue weighted by Crippen LogP contribution is -2.30. The normalized spacial score (nSPS) is 20.2. The summed E-state index contributed by atoms with van der Waals surface area (Å²) in [7, 11) is -2.34. The second-order valence-corrected chi connectivity index (χ2v) is 8.77. The van der Waals surface area contributed by atoms with Gasteiger partial charge in [0.2, 0.25) is 10.0 Å². The molecule has 2 rings (SSSR count). The van der Waals surface area contributed by atoms with Crippen LogP contribution in [-0.2, 0) is 14.8 Å². The van der Waals surface area contributed by atoms with Crippen LogP contribution in [0, 0.1) is 5.92 Å². The van der Waals surface area contributed by atoms with Crippen molar-refractivity contribution >= 4 is 43.3 Å². The van der Waals surface area contributed by atoms with Crippen LogP contribution >= 0.6 is 27.3 Å². The Labute approximate surface area is 130 Å². The second kappa shape index (κ2) is 6.10. The number of nitrogens with zero attached hydrogens (tertiary/aromatic N) is 1. The number of methoxy groups -OCH3 is 1. The molecule has 112 valence electrons. The van der Waals surface area contributed by atoms with Gasteiger partial charge in [-0.05, 0) is 40.9 Å². The summed E-state index contributed by atoms with van der Waals surface area (Å²) >= 11 is 4.26. The molecule has 1 fully saturated rings. The van der Waals surface area contributed by atoms with Gasteiger partial charge >= 0.3 is 5.97 Å². The van der Waals surface area contributed by atoms with Crippen molar-refractivity contribution in [2.24, 2.45) is 11.7 Å². The van der Waals surface area contributed by atoms with E-state index >= 15 is 0 Å². The molecule has 1 unspecified atom stereocenters. The number of esters is 1. The van der Waals surface area contributed by atoms with Crippen molar-refractivity contribution in [2.45, 2.75) is 11.3 Å². The molecular formula is C11H15BrN2O4S2. The molecule has 1 aromatic heterocycles. The van der Waals surface area contributed by atoms with E-state index in [0.717, 1.165) is 17.8 Å². The second-order valence-electron chi connectivity index (χ2n) is 4.49. The van der Waals surface area contributed by atoms with Crippen LogP contribution in [-0.4, -0.2) is 45.4 Å². The SMILES string of the molecule is COC(=O)c1cc(S(=O)(=O)N2CCC(CN)C2)c(Br)s1. The highest BCUT2D eigenvalue weighted by Gasteiger charge is 2.34. The Balaban J connectivity index is 2.31. The first-order valence-corrected chi connectivity index (χ1v) is 9.03. The zero-order valence-electron chi connectivity index (χ0n) is 10.8. The van der Waals surface area contributed by atoms with E-state index in [-0.39, 0.29) is 15.7 Å². The summed E-state index contributed by atoms with van der Waals surface area (Å²) in [5.74, 6) is -0.347. The first-order chi connectivity index (χ1) is 9.40. The zero-order valence-corrected chi connectivity index (χ0v) is 14.1. The van der Waals surface area contributed by atoms with Crippen LogP contribution in [0.2, 0.25) is 0 Å². The number of hydrogen-bond donors (Lipinski definition) is 1. The van der Waals surface area contributed by atoms with Crippen molar-refractivity contribution in [3.05, 3.63) is 14.7 Å². The molecule has 2 N–H and O–H groups in total. The van der Waals surface area contributed by atoms with E-state index in [9.17, 15) is 13.2 Å². The summed E-state index contributed by atoms with van der Waals surface area (Å²) in [6.45, 7) is 1.36. The summed E-state index contributed by atoms with van der Waals surface area (Å²) in [6.07, 6.45) is 0.765. The van der Waals surface area contributed by atoms with Crippen LogP contribution in [0.3, 0.4) is 0 Å². The van der Waals surface area contributed by atoms with E-state index in [2.05, 4.69) is 20.7 Å². The van der Waals surface area contributed by atoms with Gasteiger partial charge in [0, 0.05) is 13.1 Å². The maximum Gasteiger partial charge on any atom is 0.348 e. The van der Waals surface area contributed by atoms with Gasteiger partial charge in [0.1, 0.15) is 9.77 Å². The van der Waals surface area contributed by atoms with Gasteiger partial charge in [-0.25, -0.2) is 13.2 Å². The van der Waals surface area contributed by atoms with E-state index < -0.39 is 16.0 Å². The summed E-state index contributed by atoms with van der Waals surface area (Å²) < 4.78 is 31.5. The Morgan fingerprint density at radius 2 is 2.35 bits per heavy atom. The van der Waals surface area contributed by atoms with Crippen LogP contribution in [0.1, 0.15) is 16.1 Å². The van der Waals surface area contributed by atoms with E-state index in [1.54, 1.807) is 0 Å². The van der Waals surface area contributed by atoms with Crippen LogP contribution < -0.4 is 5.73 Å². The fourth-order valence-corrected chi connectivity index (χ4v) is 6.04. The topological polar surface area (TPSA) is 89.7 Å². The highest BCUT2D eigenvalue weighted by molar-refractivity contribution is 9.11. The standard InChI is InChI=1S/C11H15BrN2O4S2/c1-18-11(15)8-4-9(10(12)19-8)20(16,17)14-3-2-7(5-13)6-14/h4,7H,2-3,5-6,13H2,1H3. The summed E-state index contributed by atoms with van der Waals surface area (Å²) in [4.78, 5) is 11.8.